The highest BCUT2D eigenvalue weighted by molar-refractivity contribution is 6.29. The van der Waals surface area contributed by atoms with E-state index in [1.807, 2.05) is 48.5 Å². The van der Waals surface area contributed by atoms with Gasteiger partial charge in [0.2, 0.25) is 0 Å². The summed E-state index contributed by atoms with van der Waals surface area (Å²) in [4.78, 5) is 28.6. The van der Waals surface area contributed by atoms with Gasteiger partial charge in [0.25, 0.3) is 5.91 Å². The van der Waals surface area contributed by atoms with E-state index in [9.17, 15) is 9.59 Å². The van der Waals surface area contributed by atoms with Crippen LogP contribution in [0.5, 0.6) is 11.5 Å². The molecule has 36 heavy (non-hydrogen) atoms. The highest BCUT2D eigenvalue weighted by Crippen LogP contribution is 2.31. The smallest absolute Gasteiger partial charge is 0.261 e. The van der Waals surface area contributed by atoms with Gasteiger partial charge >= 0.3 is 0 Å². The summed E-state index contributed by atoms with van der Waals surface area (Å²) in [5.41, 5.74) is 3.24. The number of carbonyl (C=O) groups excluding carboxylic acids is 2. The Morgan fingerprint density at radius 2 is 1.56 bits per heavy atom. The van der Waals surface area contributed by atoms with Gasteiger partial charge in [-0.25, -0.2) is 0 Å². The fourth-order valence-electron chi connectivity index (χ4n) is 3.81. The van der Waals surface area contributed by atoms with Gasteiger partial charge in [-0.1, -0.05) is 80.6 Å². The SMILES string of the molecule is COc1ccc(N(C)C(=O)C(=CC=Cc2ccccc2)C(=O)c2ccc(CC(C)C)cc2)cc1OC. The molecule has 5 nitrogen and oxygen atoms in total. The maximum Gasteiger partial charge on any atom is 0.261 e. The summed E-state index contributed by atoms with van der Waals surface area (Å²) in [7, 11) is 4.73. The Bertz CT molecular complexity index is 1240. The van der Waals surface area contributed by atoms with Crippen molar-refractivity contribution < 1.29 is 19.1 Å². The zero-order valence-electron chi connectivity index (χ0n) is 21.5. The molecule has 0 N–H and O–H groups in total. The molecule has 0 bridgehead atoms. The molecule has 0 radical (unpaired) electrons. The standard InChI is InChI=1S/C31H33NO4/c1-22(2)20-24-14-16-25(17-15-24)30(33)27(13-9-12-23-10-7-6-8-11-23)31(34)32(3)26-18-19-28(35-4)29(21-26)36-5/h6-19,21-22H,20H2,1-5H3. The van der Waals surface area contributed by atoms with Crippen molar-refractivity contribution in [1.82, 2.24) is 0 Å². The van der Waals surface area contributed by atoms with Crippen LogP contribution in [0, 0.1) is 5.92 Å². The van der Waals surface area contributed by atoms with Crippen molar-refractivity contribution in [1.29, 1.82) is 0 Å². The quantitative estimate of drug-likeness (QED) is 0.110. The number of nitrogens with zero attached hydrogens (tertiary/aromatic N) is 1. The number of ketones is 1. The van der Waals surface area contributed by atoms with Crippen LogP contribution in [-0.2, 0) is 11.2 Å². The molecule has 0 aliphatic carbocycles. The number of carbonyl (C=O) groups is 2. The van der Waals surface area contributed by atoms with Crippen LogP contribution in [0.4, 0.5) is 5.69 Å². The molecule has 5 heteroatoms. The zero-order valence-corrected chi connectivity index (χ0v) is 21.5. The Kier molecular flexibility index (Phi) is 9.23. The van der Waals surface area contributed by atoms with Crippen LogP contribution >= 0.6 is 0 Å². The average Bonchev–Trinajstić information content (AvgIpc) is 2.90. The summed E-state index contributed by atoms with van der Waals surface area (Å²) in [5.74, 6) is 0.816. The van der Waals surface area contributed by atoms with Gasteiger partial charge in [-0.3, -0.25) is 9.59 Å². The van der Waals surface area contributed by atoms with E-state index < -0.39 is 5.91 Å². The van der Waals surface area contributed by atoms with Gasteiger partial charge in [0, 0.05) is 24.4 Å². The van der Waals surface area contributed by atoms with Crippen molar-refractivity contribution in [2.75, 3.05) is 26.2 Å². The molecule has 0 aliphatic heterocycles. The molecule has 0 aliphatic rings. The van der Waals surface area contributed by atoms with E-state index >= 15 is 0 Å². The van der Waals surface area contributed by atoms with E-state index in [1.54, 1.807) is 56.6 Å². The Morgan fingerprint density at radius 1 is 0.889 bits per heavy atom. The summed E-state index contributed by atoms with van der Waals surface area (Å²) in [6, 6.07) is 22.4. The molecule has 3 aromatic carbocycles. The van der Waals surface area contributed by atoms with Crippen LogP contribution < -0.4 is 14.4 Å². The average molecular weight is 484 g/mol. The van der Waals surface area contributed by atoms with Gasteiger partial charge in [0.15, 0.2) is 17.3 Å². The lowest BCUT2D eigenvalue weighted by Gasteiger charge is -2.20. The third-order valence-corrected chi connectivity index (χ3v) is 5.75. The van der Waals surface area contributed by atoms with Crippen molar-refractivity contribution in [3.05, 3.63) is 107 Å². The molecular weight excluding hydrogens is 450 g/mol. The lowest BCUT2D eigenvalue weighted by Crippen LogP contribution is -2.31. The number of rotatable bonds is 10. The summed E-state index contributed by atoms with van der Waals surface area (Å²) >= 11 is 0. The van der Waals surface area contributed by atoms with Gasteiger partial charge in [0.1, 0.15) is 0 Å². The van der Waals surface area contributed by atoms with Crippen molar-refractivity contribution in [3.8, 4) is 11.5 Å². The van der Waals surface area contributed by atoms with E-state index in [1.165, 1.54) is 12.0 Å². The summed E-state index contributed by atoms with van der Waals surface area (Å²) in [5, 5.41) is 0. The van der Waals surface area contributed by atoms with Gasteiger partial charge in [0.05, 0.1) is 19.8 Å². The number of anilines is 1. The number of methoxy groups -OCH3 is 2. The monoisotopic (exact) mass is 483 g/mol. The largest absolute Gasteiger partial charge is 0.493 e. The molecule has 0 saturated heterocycles. The van der Waals surface area contributed by atoms with E-state index in [-0.39, 0.29) is 11.4 Å². The minimum Gasteiger partial charge on any atom is -0.493 e. The van der Waals surface area contributed by atoms with Crippen molar-refractivity contribution in [3.63, 3.8) is 0 Å². The first-order valence-electron chi connectivity index (χ1n) is 11.9. The molecule has 3 aromatic rings. The van der Waals surface area contributed by atoms with E-state index in [0.717, 1.165) is 17.5 Å². The molecular formula is C31H33NO4. The summed E-state index contributed by atoms with van der Waals surface area (Å²) in [6.07, 6.45) is 6.10. The third-order valence-electron chi connectivity index (χ3n) is 5.75. The van der Waals surface area contributed by atoms with Gasteiger partial charge in [-0.2, -0.15) is 0 Å². The molecule has 0 aromatic heterocycles. The Labute approximate surface area is 213 Å². The van der Waals surface area contributed by atoms with Crippen molar-refractivity contribution in [2.24, 2.45) is 5.92 Å². The minimum atomic E-state index is -0.420. The first-order valence-corrected chi connectivity index (χ1v) is 11.9. The molecule has 3 rings (SSSR count). The lowest BCUT2D eigenvalue weighted by molar-refractivity contribution is -0.114. The molecule has 1 amide bonds. The number of benzene rings is 3. The summed E-state index contributed by atoms with van der Waals surface area (Å²) in [6.45, 7) is 4.31. The predicted molar refractivity (Wildman–Crippen MR) is 146 cm³/mol. The predicted octanol–water partition coefficient (Wildman–Crippen LogP) is 6.39. The second kappa shape index (κ2) is 12.5. The zero-order chi connectivity index (χ0) is 26.1. The van der Waals surface area contributed by atoms with Crippen molar-refractivity contribution in [2.45, 2.75) is 20.3 Å². The lowest BCUT2D eigenvalue weighted by atomic mass is 9.97. The van der Waals surface area contributed by atoms with Crippen molar-refractivity contribution >= 4 is 23.5 Å². The maximum absolute atomic E-state index is 13.6. The molecule has 186 valence electrons. The summed E-state index contributed by atoms with van der Waals surface area (Å²) < 4.78 is 10.7. The molecule has 0 atom stereocenters. The Balaban J connectivity index is 1.96. The first kappa shape index (κ1) is 26.5. The third kappa shape index (κ3) is 6.72. The number of Topliss-reactive ketones (excluding diaryl/α,β-unsaturated/α-hetero) is 1. The highest BCUT2D eigenvalue weighted by Gasteiger charge is 2.24. The molecule has 0 spiro atoms. The van der Waals surface area contributed by atoms with Crippen LogP contribution in [0.2, 0.25) is 0 Å². The number of ether oxygens (including phenoxy) is 2. The maximum atomic E-state index is 13.6. The van der Waals surface area contributed by atoms with Crippen LogP contribution in [0.25, 0.3) is 6.08 Å². The van der Waals surface area contributed by atoms with Crippen LogP contribution in [0.1, 0.15) is 35.3 Å². The number of amides is 1. The molecule has 0 fully saturated rings. The number of hydrogen-bond donors (Lipinski definition) is 0. The van der Waals surface area contributed by atoms with Gasteiger partial charge in [-0.15, -0.1) is 0 Å². The Hall–Kier alpha value is -4.12. The molecule has 0 unspecified atom stereocenters. The van der Waals surface area contributed by atoms with E-state index in [4.69, 9.17) is 9.47 Å². The Morgan fingerprint density at radius 3 is 2.17 bits per heavy atom. The van der Waals surface area contributed by atoms with Crippen LogP contribution in [0.3, 0.4) is 0 Å². The van der Waals surface area contributed by atoms with E-state index in [2.05, 4.69) is 13.8 Å². The number of allylic oxidation sites excluding steroid dienone is 2. The normalized spacial score (nSPS) is 11.6. The van der Waals surface area contributed by atoms with Gasteiger partial charge in [-0.05, 0) is 41.7 Å². The highest BCUT2D eigenvalue weighted by atomic mass is 16.5. The molecule has 0 heterocycles. The topological polar surface area (TPSA) is 55.8 Å². The van der Waals surface area contributed by atoms with Crippen LogP contribution in [-0.4, -0.2) is 33.0 Å². The number of hydrogen-bond acceptors (Lipinski definition) is 4. The van der Waals surface area contributed by atoms with E-state index in [0.29, 0.717) is 28.7 Å². The molecule has 0 saturated carbocycles. The second-order valence-electron chi connectivity index (χ2n) is 8.88. The first-order chi connectivity index (χ1) is 17.3. The second-order valence-corrected chi connectivity index (χ2v) is 8.88. The fraction of sp³-hybridized carbons (Fsp3) is 0.226. The number of likely N-dealkylation sites (N-methyl/N-ethyl adjacent to an activating group) is 1. The van der Waals surface area contributed by atoms with Gasteiger partial charge < -0.3 is 14.4 Å². The van der Waals surface area contributed by atoms with Crippen LogP contribution in [0.15, 0.2) is 90.5 Å². The minimum absolute atomic E-state index is 0.0658. The fourth-order valence-corrected chi connectivity index (χ4v) is 3.81.